The topological polar surface area (TPSA) is 20.2 Å². The van der Waals surface area contributed by atoms with Crippen molar-refractivity contribution in [1.29, 1.82) is 0 Å². The van der Waals surface area contributed by atoms with E-state index in [1.165, 1.54) is 11.1 Å². The zero-order valence-corrected chi connectivity index (χ0v) is 9.59. The van der Waals surface area contributed by atoms with Gasteiger partial charge in [-0.15, -0.1) is 0 Å². The summed E-state index contributed by atoms with van der Waals surface area (Å²) in [6, 6.07) is 6.23. The van der Waals surface area contributed by atoms with Gasteiger partial charge >= 0.3 is 0 Å². The third-order valence-electron chi connectivity index (χ3n) is 2.70. The van der Waals surface area contributed by atoms with Crippen molar-refractivity contribution in [3.8, 4) is 0 Å². The zero-order valence-electron chi connectivity index (χ0n) is 9.59. The first-order chi connectivity index (χ1) is 6.47. The lowest BCUT2D eigenvalue weighted by atomic mass is 9.87. The molecule has 78 valence electrons. The Kier molecular flexibility index (Phi) is 3.33. The van der Waals surface area contributed by atoms with E-state index in [2.05, 4.69) is 32.9 Å². The summed E-state index contributed by atoms with van der Waals surface area (Å²) in [5, 5.41) is 10.3. The number of aryl methyl sites for hydroxylation is 2. The van der Waals surface area contributed by atoms with Gasteiger partial charge in [-0.25, -0.2) is 0 Å². The maximum atomic E-state index is 10.3. The Hall–Kier alpha value is -0.820. The summed E-state index contributed by atoms with van der Waals surface area (Å²) >= 11 is 0. The van der Waals surface area contributed by atoms with Crippen molar-refractivity contribution < 1.29 is 5.11 Å². The van der Waals surface area contributed by atoms with Crippen molar-refractivity contribution in [3.63, 3.8) is 0 Å². The van der Waals surface area contributed by atoms with Crippen LogP contribution < -0.4 is 0 Å². The summed E-state index contributed by atoms with van der Waals surface area (Å²) in [5.74, 6) is 0. The van der Waals surface area contributed by atoms with Gasteiger partial charge in [0.15, 0.2) is 0 Å². The number of rotatable bonds is 3. The molecule has 0 fully saturated rings. The second-order valence-corrected chi connectivity index (χ2v) is 4.34. The van der Waals surface area contributed by atoms with E-state index in [9.17, 15) is 5.11 Å². The Balaban J connectivity index is 3.06. The predicted octanol–water partition coefficient (Wildman–Crippen LogP) is 3.31. The summed E-state index contributed by atoms with van der Waals surface area (Å²) in [6.45, 7) is 8.13. The van der Waals surface area contributed by atoms with E-state index in [0.29, 0.717) is 0 Å². The summed E-state index contributed by atoms with van der Waals surface area (Å²) in [6.07, 6.45) is 1.82. The van der Waals surface area contributed by atoms with Crippen molar-refractivity contribution in [2.45, 2.75) is 46.1 Å². The minimum Gasteiger partial charge on any atom is -0.385 e. The maximum absolute atomic E-state index is 10.3. The maximum Gasteiger partial charge on any atom is 0.0871 e. The van der Waals surface area contributed by atoms with Gasteiger partial charge in [0.1, 0.15) is 0 Å². The SMILES string of the molecule is CCC[C@](C)(O)c1ccc(C)cc1C. The van der Waals surface area contributed by atoms with Crippen LogP contribution in [0.2, 0.25) is 0 Å². The lowest BCUT2D eigenvalue weighted by Gasteiger charge is -2.25. The van der Waals surface area contributed by atoms with E-state index in [-0.39, 0.29) is 0 Å². The Bertz CT molecular complexity index is 313. The quantitative estimate of drug-likeness (QED) is 0.779. The minimum absolute atomic E-state index is 0.674. The van der Waals surface area contributed by atoms with Gasteiger partial charge in [-0.1, -0.05) is 37.1 Å². The van der Waals surface area contributed by atoms with Crippen LogP contribution in [0.25, 0.3) is 0 Å². The average molecular weight is 192 g/mol. The highest BCUT2D eigenvalue weighted by Gasteiger charge is 2.23. The number of aliphatic hydroxyl groups is 1. The Labute approximate surface area is 86.8 Å². The molecule has 1 N–H and O–H groups in total. The Morgan fingerprint density at radius 3 is 2.43 bits per heavy atom. The van der Waals surface area contributed by atoms with Crippen LogP contribution in [0.5, 0.6) is 0 Å². The highest BCUT2D eigenvalue weighted by atomic mass is 16.3. The third kappa shape index (κ3) is 2.36. The summed E-state index contributed by atoms with van der Waals surface area (Å²) < 4.78 is 0. The molecule has 0 amide bonds. The first-order valence-electron chi connectivity index (χ1n) is 5.27. The van der Waals surface area contributed by atoms with Crippen molar-refractivity contribution in [2.75, 3.05) is 0 Å². The second-order valence-electron chi connectivity index (χ2n) is 4.34. The van der Waals surface area contributed by atoms with E-state index in [1.54, 1.807) is 0 Å². The molecule has 1 heteroatoms. The molecular weight excluding hydrogens is 172 g/mol. The molecule has 1 atom stereocenters. The average Bonchev–Trinajstić information content (AvgIpc) is 2.02. The molecule has 0 spiro atoms. The van der Waals surface area contributed by atoms with Crippen LogP contribution in [0, 0.1) is 13.8 Å². The molecule has 1 rings (SSSR count). The van der Waals surface area contributed by atoms with Gasteiger partial charge in [0, 0.05) is 0 Å². The number of hydrogen-bond acceptors (Lipinski definition) is 1. The molecule has 0 saturated carbocycles. The first-order valence-corrected chi connectivity index (χ1v) is 5.27. The lowest BCUT2D eigenvalue weighted by Crippen LogP contribution is -2.21. The van der Waals surface area contributed by atoms with Gasteiger partial charge in [-0.2, -0.15) is 0 Å². The minimum atomic E-state index is -0.674. The Morgan fingerprint density at radius 2 is 1.93 bits per heavy atom. The number of benzene rings is 1. The molecule has 1 aromatic rings. The monoisotopic (exact) mass is 192 g/mol. The van der Waals surface area contributed by atoms with Crippen LogP contribution in [0.1, 0.15) is 43.4 Å². The first kappa shape index (κ1) is 11.3. The van der Waals surface area contributed by atoms with Crippen molar-refractivity contribution in [1.82, 2.24) is 0 Å². The molecule has 0 aromatic heterocycles. The summed E-state index contributed by atoms with van der Waals surface area (Å²) in [7, 11) is 0. The molecule has 0 aliphatic rings. The smallest absolute Gasteiger partial charge is 0.0871 e. The van der Waals surface area contributed by atoms with Crippen LogP contribution in [0.4, 0.5) is 0 Å². The van der Waals surface area contributed by atoms with Crippen LogP contribution >= 0.6 is 0 Å². The van der Waals surface area contributed by atoms with Gasteiger partial charge in [-0.3, -0.25) is 0 Å². The Morgan fingerprint density at radius 1 is 1.29 bits per heavy atom. The molecule has 0 unspecified atom stereocenters. The standard InChI is InChI=1S/C13H20O/c1-5-8-13(4,14)12-7-6-10(2)9-11(12)3/h6-7,9,14H,5,8H2,1-4H3/t13-/m0/s1. The van der Waals surface area contributed by atoms with Gasteiger partial charge in [0.05, 0.1) is 5.60 Å². The fourth-order valence-electron chi connectivity index (χ4n) is 2.04. The fraction of sp³-hybridized carbons (Fsp3) is 0.538. The summed E-state index contributed by atoms with van der Waals surface area (Å²) in [4.78, 5) is 0. The van der Waals surface area contributed by atoms with E-state index >= 15 is 0 Å². The molecule has 0 radical (unpaired) electrons. The van der Waals surface area contributed by atoms with E-state index in [0.717, 1.165) is 18.4 Å². The van der Waals surface area contributed by atoms with Crippen LogP contribution in [-0.4, -0.2) is 5.11 Å². The molecule has 0 heterocycles. The van der Waals surface area contributed by atoms with Gasteiger partial charge in [-0.05, 0) is 38.3 Å². The normalized spacial score (nSPS) is 15.2. The van der Waals surface area contributed by atoms with Gasteiger partial charge in [0.25, 0.3) is 0 Å². The third-order valence-corrected chi connectivity index (χ3v) is 2.70. The molecule has 0 aliphatic carbocycles. The van der Waals surface area contributed by atoms with Crippen LogP contribution in [0.3, 0.4) is 0 Å². The molecule has 0 saturated heterocycles. The zero-order chi connectivity index (χ0) is 10.8. The van der Waals surface area contributed by atoms with Crippen LogP contribution in [0.15, 0.2) is 18.2 Å². The predicted molar refractivity (Wildman–Crippen MR) is 60.4 cm³/mol. The lowest BCUT2D eigenvalue weighted by molar-refractivity contribution is 0.0463. The second kappa shape index (κ2) is 4.14. The molecular formula is C13H20O. The molecule has 0 bridgehead atoms. The highest BCUT2D eigenvalue weighted by molar-refractivity contribution is 5.34. The highest BCUT2D eigenvalue weighted by Crippen LogP contribution is 2.28. The van der Waals surface area contributed by atoms with Crippen molar-refractivity contribution in [2.24, 2.45) is 0 Å². The van der Waals surface area contributed by atoms with E-state index < -0.39 is 5.60 Å². The molecule has 14 heavy (non-hydrogen) atoms. The van der Waals surface area contributed by atoms with Crippen LogP contribution in [-0.2, 0) is 5.60 Å². The van der Waals surface area contributed by atoms with Gasteiger partial charge in [0.2, 0.25) is 0 Å². The molecule has 0 aliphatic heterocycles. The van der Waals surface area contributed by atoms with E-state index in [4.69, 9.17) is 0 Å². The number of hydrogen-bond donors (Lipinski definition) is 1. The largest absolute Gasteiger partial charge is 0.385 e. The van der Waals surface area contributed by atoms with Gasteiger partial charge < -0.3 is 5.11 Å². The molecule has 1 aromatic carbocycles. The summed E-state index contributed by atoms with van der Waals surface area (Å²) in [5.41, 5.74) is 2.82. The van der Waals surface area contributed by atoms with Crippen molar-refractivity contribution >= 4 is 0 Å². The van der Waals surface area contributed by atoms with E-state index in [1.807, 2.05) is 13.0 Å². The van der Waals surface area contributed by atoms with Crippen molar-refractivity contribution in [3.05, 3.63) is 34.9 Å². The molecule has 1 nitrogen and oxygen atoms in total. The fourth-order valence-corrected chi connectivity index (χ4v) is 2.04.